The Kier molecular flexibility index (Phi) is 6.54. The number of amides is 1. The minimum atomic E-state index is -1.90. The zero-order valence-electron chi connectivity index (χ0n) is 12.9. The molecule has 0 saturated carbocycles. The van der Waals surface area contributed by atoms with Crippen molar-refractivity contribution in [3.05, 3.63) is 12.0 Å². The van der Waals surface area contributed by atoms with Crippen molar-refractivity contribution in [2.75, 3.05) is 11.9 Å². The summed E-state index contributed by atoms with van der Waals surface area (Å²) in [7, 11) is -1.90. The second kappa shape index (κ2) is 7.92. The van der Waals surface area contributed by atoms with Gasteiger partial charge < -0.3 is 9.16 Å². The van der Waals surface area contributed by atoms with Crippen LogP contribution in [0.1, 0.15) is 26.2 Å². The molecule has 21 heavy (non-hydrogen) atoms. The van der Waals surface area contributed by atoms with E-state index in [1.165, 1.54) is 0 Å². The monoisotopic (exact) mass is 315 g/mol. The van der Waals surface area contributed by atoms with Crippen LogP contribution in [-0.4, -0.2) is 31.0 Å². The van der Waals surface area contributed by atoms with E-state index in [1.807, 2.05) is 19.6 Å². The van der Waals surface area contributed by atoms with Crippen LogP contribution in [0.5, 0.6) is 6.01 Å². The maximum Gasteiger partial charge on any atom is 0.412 e. The van der Waals surface area contributed by atoms with Crippen LogP contribution < -0.4 is 9.74 Å². The van der Waals surface area contributed by atoms with Gasteiger partial charge in [-0.1, -0.05) is 19.8 Å². The van der Waals surface area contributed by atoms with Crippen molar-refractivity contribution in [2.45, 2.75) is 45.8 Å². The van der Waals surface area contributed by atoms with E-state index >= 15 is 0 Å². The lowest BCUT2D eigenvalue weighted by atomic mass is 10.3. The molecule has 1 heterocycles. The highest BCUT2D eigenvalue weighted by Crippen LogP contribution is 2.16. The number of carbonyl (C=O) groups is 1. The van der Waals surface area contributed by atoms with Gasteiger partial charge >= 0.3 is 12.1 Å². The average molecular weight is 315 g/mol. The normalized spacial score (nSPS) is 11.1. The van der Waals surface area contributed by atoms with Gasteiger partial charge in [-0.2, -0.15) is 4.98 Å². The van der Waals surface area contributed by atoms with Crippen molar-refractivity contribution in [3.63, 3.8) is 0 Å². The standard InChI is InChI=1S/C13H22FN3O3Si/c1-5-6-7-8-19-13(18)17-11-10(14)9-15-12(16-11)20-21(2,3)4/h9H,5-8H2,1-4H3,(H,15,16,17,18). The minimum Gasteiger partial charge on any atom is -0.518 e. The Balaban J connectivity index is 2.61. The zero-order valence-corrected chi connectivity index (χ0v) is 13.9. The smallest absolute Gasteiger partial charge is 0.412 e. The predicted octanol–water partition coefficient (Wildman–Crippen LogP) is 3.57. The number of hydrogen-bond donors (Lipinski definition) is 1. The number of ether oxygens (including phenoxy) is 1. The maximum absolute atomic E-state index is 13.6. The Morgan fingerprint density at radius 3 is 2.71 bits per heavy atom. The molecule has 0 aliphatic rings. The molecular formula is C13H22FN3O3Si. The Morgan fingerprint density at radius 2 is 2.10 bits per heavy atom. The van der Waals surface area contributed by atoms with Crippen molar-refractivity contribution in [1.82, 2.24) is 9.97 Å². The number of hydrogen-bond acceptors (Lipinski definition) is 5. The molecule has 1 N–H and O–H groups in total. The van der Waals surface area contributed by atoms with Gasteiger partial charge in [-0.15, -0.1) is 0 Å². The Bertz CT molecular complexity index is 480. The number of nitrogens with one attached hydrogen (secondary N) is 1. The molecule has 1 aromatic heterocycles. The number of halogens is 1. The van der Waals surface area contributed by atoms with Gasteiger partial charge in [-0.25, -0.2) is 14.2 Å². The molecule has 118 valence electrons. The highest BCUT2D eigenvalue weighted by molar-refractivity contribution is 6.70. The summed E-state index contributed by atoms with van der Waals surface area (Å²) in [4.78, 5) is 19.1. The summed E-state index contributed by atoms with van der Waals surface area (Å²) in [5, 5.41) is 2.26. The summed E-state index contributed by atoms with van der Waals surface area (Å²) < 4.78 is 24.1. The number of aromatic nitrogens is 2. The third kappa shape index (κ3) is 7.03. The maximum atomic E-state index is 13.6. The van der Waals surface area contributed by atoms with Crippen molar-refractivity contribution in [1.29, 1.82) is 0 Å². The summed E-state index contributed by atoms with van der Waals surface area (Å²) >= 11 is 0. The van der Waals surface area contributed by atoms with Crippen LogP contribution in [-0.2, 0) is 4.74 Å². The summed E-state index contributed by atoms with van der Waals surface area (Å²) in [6.07, 6.45) is 3.02. The van der Waals surface area contributed by atoms with Gasteiger partial charge in [0.1, 0.15) is 0 Å². The Morgan fingerprint density at radius 1 is 1.38 bits per heavy atom. The lowest BCUT2D eigenvalue weighted by Crippen LogP contribution is -2.30. The van der Waals surface area contributed by atoms with Gasteiger partial charge in [0.15, 0.2) is 11.6 Å². The van der Waals surface area contributed by atoms with Crippen LogP contribution >= 0.6 is 0 Å². The van der Waals surface area contributed by atoms with E-state index in [0.29, 0.717) is 6.61 Å². The molecular weight excluding hydrogens is 293 g/mol. The van der Waals surface area contributed by atoms with Crippen LogP contribution in [0.3, 0.4) is 0 Å². The number of unbranched alkanes of at least 4 members (excludes halogenated alkanes) is 2. The molecule has 0 bridgehead atoms. The first-order valence-electron chi connectivity index (χ1n) is 6.97. The van der Waals surface area contributed by atoms with Crippen LogP contribution in [0.4, 0.5) is 15.0 Å². The fourth-order valence-corrected chi connectivity index (χ4v) is 2.06. The Hall–Kier alpha value is -1.70. The van der Waals surface area contributed by atoms with Gasteiger partial charge in [0, 0.05) is 0 Å². The first-order chi connectivity index (χ1) is 9.81. The van der Waals surface area contributed by atoms with Crippen LogP contribution in [0, 0.1) is 5.82 Å². The van der Waals surface area contributed by atoms with Crippen LogP contribution in [0.2, 0.25) is 19.6 Å². The highest BCUT2D eigenvalue weighted by Gasteiger charge is 2.19. The van der Waals surface area contributed by atoms with Crippen molar-refractivity contribution < 1.29 is 18.3 Å². The third-order valence-electron chi connectivity index (χ3n) is 2.32. The first-order valence-corrected chi connectivity index (χ1v) is 10.4. The number of carbonyl (C=O) groups excluding carboxylic acids is 1. The molecule has 0 radical (unpaired) electrons. The second-order valence-electron chi connectivity index (χ2n) is 5.53. The van der Waals surface area contributed by atoms with Crippen molar-refractivity contribution in [3.8, 4) is 6.01 Å². The fourth-order valence-electron chi connectivity index (χ4n) is 1.41. The molecule has 1 rings (SSSR count). The van der Waals surface area contributed by atoms with Crippen LogP contribution in [0.25, 0.3) is 0 Å². The zero-order chi connectivity index (χ0) is 15.9. The highest BCUT2D eigenvalue weighted by atomic mass is 28.4. The number of anilines is 1. The fraction of sp³-hybridized carbons (Fsp3) is 0.615. The largest absolute Gasteiger partial charge is 0.518 e. The van der Waals surface area contributed by atoms with Crippen molar-refractivity contribution in [2.24, 2.45) is 0 Å². The lowest BCUT2D eigenvalue weighted by molar-refractivity contribution is 0.159. The molecule has 1 aromatic rings. The number of rotatable bonds is 7. The quantitative estimate of drug-likeness (QED) is 0.615. The first kappa shape index (κ1) is 17.3. The van der Waals surface area contributed by atoms with Crippen LogP contribution in [0.15, 0.2) is 6.20 Å². The molecule has 6 nitrogen and oxygen atoms in total. The summed E-state index contributed by atoms with van der Waals surface area (Å²) in [5.41, 5.74) is 0. The molecule has 0 saturated heterocycles. The van der Waals surface area contributed by atoms with E-state index in [4.69, 9.17) is 9.16 Å². The van der Waals surface area contributed by atoms with E-state index in [2.05, 4.69) is 22.2 Å². The molecule has 1 amide bonds. The minimum absolute atomic E-state index is 0.0526. The van der Waals surface area contributed by atoms with E-state index in [1.54, 1.807) is 0 Å². The van der Waals surface area contributed by atoms with E-state index in [0.717, 1.165) is 25.5 Å². The summed E-state index contributed by atoms with van der Waals surface area (Å²) in [6, 6.07) is 0.0526. The van der Waals surface area contributed by atoms with Gasteiger partial charge in [0.05, 0.1) is 12.8 Å². The second-order valence-corrected chi connectivity index (χ2v) is 9.96. The van der Waals surface area contributed by atoms with Gasteiger partial charge in [0.2, 0.25) is 8.32 Å². The molecule has 8 heteroatoms. The van der Waals surface area contributed by atoms with Gasteiger partial charge in [-0.05, 0) is 26.1 Å². The van der Waals surface area contributed by atoms with E-state index < -0.39 is 20.2 Å². The molecule has 0 unspecified atom stereocenters. The van der Waals surface area contributed by atoms with E-state index in [-0.39, 0.29) is 11.8 Å². The molecule has 0 aliphatic heterocycles. The van der Waals surface area contributed by atoms with E-state index in [9.17, 15) is 9.18 Å². The average Bonchev–Trinajstić information content (AvgIpc) is 2.37. The topological polar surface area (TPSA) is 73.3 Å². The SMILES string of the molecule is CCCCCOC(=O)Nc1nc(O[Si](C)(C)C)ncc1F. The van der Waals surface area contributed by atoms with Gasteiger partial charge in [0.25, 0.3) is 0 Å². The van der Waals surface area contributed by atoms with Crippen molar-refractivity contribution >= 4 is 20.2 Å². The lowest BCUT2D eigenvalue weighted by Gasteiger charge is -2.17. The third-order valence-corrected chi connectivity index (χ3v) is 3.12. The molecule has 0 spiro atoms. The molecule has 0 fully saturated rings. The molecule has 0 atom stereocenters. The molecule has 0 aliphatic carbocycles. The summed E-state index contributed by atoms with van der Waals surface area (Å²) in [6.45, 7) is 8.21. The Labute approximate surface area is 125 Å². The number of nitrogens with zero attached hydrogens (tertiary/aromatic N) is 2. The molecule has 0 aromatic carbocycles. The van der Waals surface area contributed by atoms with Gasteiger partial charge in [-0.3, -0.25) is 5.32 Å². The predicted molar refractivity (Wildman–Crippen MR) is 80.5 cm³/mol. The summed E-state index contributed by atoms with van der Waals surface area (Å²) in [5.74, 6) is -0.970.